The number of fused-ring (bicyclic) bond motifs is 3. The van der Waals surface area contributed by atoms with E-state index in [1.165, 1.54) is 7.11 Å². The number of carbonyl (C=O) groups excluding carboxylic acids is 7. The molecule has 0 aliphatic rings. The van der Waals surface area contributed by atoms with Gasteiger partial charge in [-0.05, 0) is 72.4 Å². The molecule has 0 radical (unpaired) electrons. The van der Waals surface area contributed by atoms with E-state index in [0.29, 0.717) is 88.9 Å². The maximum atomic E-state index is 12.7. The van der Waals surface area contributed by atoms with Gasteiger partial charge in [0.05, 0.1) is 56.5 Å². The van der Waals surface area contributed by atoms with Crippen LogP contribution in [0, 0.1) is 0 Å². The van der Waals surface area contributed by atoms with Gasteiger partial charge in [-0.2, -0.15) is 0 Å². The molecule has 0 saturated carbocycles. The molecule has 8 N–H and O–H groups in total. The summed E-state index contributed by atoms with van der Waals surface area (Å²) in [5.74, 6) is -7.66. The van der Waals surface area contributed by atoms with Crippen LogP contribution in [-0.2, 0) is 72.4 Å². The van der Waals surface area contributed by atoms with Crippen LogP contribution in [0.25, 0.3) is 32.7 Å². The van der Waals surface area contributed by atoms with E-state index in [1.807, 2.05) is 144 Å². The Morgan fingerprint density at radius 3 is 0.867 bits per heavy atom. The van der Waals surface area contributed by atoms with E-state index in [4.69, 9.17) is 41.6 Å². The fraction of sp³-hybridized carbons (Fsp3) is 0.250. The van der Waals surface area contributed by atoms with Crippen molar-refractivity contribution in [3.63, 3.8) is 0 Å². The summed E-state index contributed by atoms with van der Waals surface area (Å²) >= 11 is 0. The van der Waals surface area contributed by atoms with Crippen LogP contribution in [0.15, 0.2) is 146 Å². The Labute approximate surface area is 544 Å². The number of amides is 3. The van der Waals surface area contributed by atoms with Gasteiger partial charge in [-0.3, -0.25) is 28.8 Å². The van der Waals surface area contributed by atoms with Crippen LogP contribution >= 0.6 is 0 Å². The number of primary amides is 3. The quantitative estimate of drug-likeness (QED) is 0.0180. The van der Waals surface area contributed by atoms with Crippen LogP contribution in [0.3, 0.4) is 0 Å². The van der Waals surface area contributed by atoms with Crippen molar-refractivity contribution in [3.05, 3.63) is 196 Å². The number of nitrogens with two attached hydrogens (primary N) is 3. The Bertz CT molecular complexity index is 3830. The van der Waals surface area contributed by atoms with E-state index in [1.54, 1.807) is 36.4 Å². The number of hydrogen-bond donors (Lipinski definition) is 5. The normalized spacial score (nSPS) is 10.1. The van der Waals surface area contributed by atoms with E-state index in [0.717, 1.165) is 22.2 Å². The van der Waals surface area contributed by atoms with Crippen molar-refractivity contribution in [2.75, 3.05) is 26.9 Å². The van der Waals surface area contributed by atoms with Crippen molar-refractivity contribution in [3.8, 4) is 17.2 Å². The van der Waals surface area contributed by atoms with Gasteiger partial charge < -0.3 is 60.1 Å². The van der Waals surface area contributed by atoms with E-state index in [9.17, 15) is 43.2 Å². The largest absolute Gasteiger partial charge is 1.00 e. The van der Waals surface area contributed by atoms with E-state index >= 15 is 0 Å². The van der Waals surface area contributed by atoms with Gasteiger partial charge in [0.2, 0.25) is 0 Å². The number of esters is 1. The number of carboxylic acids is 2. The predicted molar refractivity (Wildman–Crippen MR) is 342 cm³/mol. The summed E-state index contributed by atoms with van der Waals surface area (Å²) in [6.07, 6.45) is 1.47. The van der Waals surface area contributed by atoms with Gasteiger partial charge in [0.15, 0.2) is 19.8 Å². The second-order valence-corrected chi connectivity index (χ2v) is 19.0. The molecule has 3 aromatic heterocycles. The number of hydrogen-bond acceptors (Lipinski definition) is 13. The molecule has 0 fully saturated rings. The Balaban J connectivity index is 0.000000448. The van der Waals surface area contributed by atoms with E-state index in [-0.39, 0.29) is 94.1 Å². The third kappa shape index (κ3) is 17.5. The molecule has 21 nitrogen and oxygen atoms in total. The van der Waals surface area contributed by atoms with Crippen molar-refractivity contribution in [2.45, 2.75) is 89.4 Å². The summed E-state index contributed by atoms with van der Waals surface area (Å²) in [6.45, 7) is 5.70. The second kappa shape index (κ2) is 35.2. The molecule has 6 aromatic carbocycles. The summed E-state index contributed by atoms with van der Waals surface area (Å²) in [5, 5.41) is 19.2. The topological polar surface area (TPSA) is 324 Å². The third-order valence-electron chi connectivity index (χ3n) is 13.7. The third-order valence-corrected chi connectivity index (χ3v) is 13.7. The van der Waals surface area contributed by atoms with Gasteiger partial charge in [-0.25, -0.2) is 14.4 Å². The molecular formula is C68H78N6NaO15+. The molecular weight excluding hydrogens is 1160 g/mol. The Morgan fingerprint density at radius 1 is 0.389 bits per heavy atom. The molecule has 3 heterocycles. The molecule has 0 spiro atoms. The van der Waals surface area contributed by atoms with Crippen LogP contribution in [0.5, 0.6) is 17.2 Å². The molecule has 9 rings (SSSR count). The van der Waals surface area contributed by atoms with Crippen molar-refractivity contribution in [1.29, 1.82) is 0 Å². The predicted octanol–water partition coefficient (Wildman–Crippen LogP) is 6.79. The molecule has 470 valence electrons. The fourth-order valence-corrected chi connectivity index (χ4v) is 10.1. The average molecular weight is 1240 g/mol. The Hall–Kier alpha value is -9.83. The van der Waals surface area contributed by atoms with Crippen molar-refractivity contribution in [2.24, 2.45) is 17.2 Å². The average Bonchev–Trinajstić information content (AvgIpc) is 1.62. The van der Waals surface area contributed by atoms with Gasteiger partial charge >= 0.3 is 47.5 Å². The number of aliphatic carboxylic acids is 2. The first-order valence-electron chi connectivity index (χ1n) is 26.8. The van der Waals surface area contributed by atoms with Crippen LogP contribution in [0.1, 0.15) is 115 Å². The first-order chi connectivity index (χ1) is 40.8. The number of benzene rings is 6. The number of ketones is 3. The minimum atomic E-state index is -1.14. The monoisotopic (exact) mass is 1240 g/mol. The number of nitrogens with zero attached hydrogens (tertiary/aromatic N) is 3. The van der Waals surface area contributed by atoms with Gasteiger partial charge in [0.1, 0.15) is 17.2 Å². The number of carboxylic acid groups (broad SMARTS) is 2. The molecule has 22 heteroatoms. The van der Waals surface area contributed by atoms with E-state index in [2.05, 4.69) is 4.74 Å². The molecule has 3 amide bonds. The van der Waals surface area contributed by atoms with Crippen molar-refractivity contribution >= 4 is 85.7 Å². The van der Waals surface area contributed by atoms with Gasteiger partial charge in [-0.15, -0.1) is 0 Å². The van der Waals surface area contributed by atoms with Gasteiger partial charge in [-0.1, -0.05) is 160 Å². The fourth-order valence-electron chi connectivity index (χ4n) is 10.1. The molecule has 0 aliphatic carbocycles. The summed E-state index contributed by atoms with van der Waals surface area (Å²) < 4.78 is 26.9. The van der Waals surface area contributed by atoms with Crippen LogP contribution in [0.4, 0.5) is 0 Å². The SMILES string of the molecule is C.C.C.C.CCc1c(C(=O)C(N)=O)c2c(OCC(=O)O)cccc2n1Cc1ccccc1.CCc1c(C(=O)C(N)=O)c2c(OCC(=O)O)cccc2n1Cc1ccccc1.CCc1c(C(=O)C(N)=O)c2c(OCC(=O)OC)cccc2n1Cc1ccccc1.[Na+]. The first-order valence-corrected chi connectivity index (χ1v) is 26.8. The standard InChI is InChI=1S/C22H22N2O5.2C21H20N2O5.4CH4.Na/c1-3-15-20(21(26)22(23)27)19-16(24(15)12-14-8-5-4-6-9-14)10-7-11-17(19)29-13-18(25)28-2;2*1-2-14-19(20(26)21(22)27)18-15(9-6-10-16(18)28-12-17(24)25)23(14)11-13-7-4-3-5-8-13;;;;;/h4-11H,3,12-13H2,1-2H3,(H2,23,27);2*3-10H,2,11-12H2,1H3,(H2,22,27)(H,24,25);4*1H4;/q;;;;;;;+1. The molecule has 9 aromatic rings. The van der Waals surface area contributed by atoms with Gasteiger partial charge in [0.25, 0.3) is 35.1 Å². The molecule has 90 heavy (non-hydrogen) atoms. The number of rotatable bonds is 24. The summed E-state index contributed by atoms with van der Waals surface area (Å²) in [4.78, 5) is 106. The smallest absolute Gasteiger partial charge is 0.481 e. The number of methoxy groups -OCH3 is 1. The van der Waals surface area contributed by atoms with Gasteiger partial charge in [0, 0.05) is 36.7 Å². The number of aromatic nitrogens is 3. The Kier molecular flexibility index (Phi) is 29.9. The number of ether oxygens (including phenoxy) is 4. The van der Waals surface area contributed by atoms with Crippen LogP contribution in [0.2, 0.25) is 0 Å². The Morgan fingerprint density at radius 2 is 0.644 bits per heavy atom. The van der Waals surface area contributed by atoms with Crippen molar-refractivity contribution < 1.29 is 102 Å². The summed E-state index contributed by atoms with van der Waals surface area (Å²) in [5.41, 5.74) is 23.6. The van der Waals surface area contributed by atoms with E-state index < -0.39 is 66.2 Å². The summed E-state index contributed by atoms with van der Waals surface area (Å²) in [6, 6.07) is 44.6. The maximum Gasteiger partial charge on any atom is 1.00 e. The maximum absolute atomic E-state index is 12.7. The summed E-state index contributed by atoms with van der Waals surface area (Å²) in [7, 11) is 1.26. The zero-order valence-corrected chi connectivity index (χ0v) is 50.0. The molecule has 0 saturated heterocycles. The minimum absolute atomic E-state index is 0. The van der Waals surface area contributed by atoms with Crippen molar-refractivity contribution in [1.82, 2.24) is 13.7 Å². The van der Waals surface area contributed by atoms with Crippen LogP contribution < -0.4 is 61.0 Å². The molecule has 0 bridgehead atoms. The first kappa shape index (κ1) is 76.3. The number of carbonyl (C=O) groups is 9. The van der Waals surface area contributed by atoms with Crippen LogP contribution in [-0.4, -0.2) is 104 Å². The minimum Gasteiger partial charge on any atom is -0.481 e. The number of Topliss-reactive ketones (excluding diaryl/α,β-unsaturated/α-hetero) is 3. The molecule has 0 aliphatic heterocycles. The zero-order valence-electron chi connectivity index (χ0n) is 48.0. The zero-order chi connectivity index (χ0) is 61.5. The second-order valence-electron chi connectivity index (χ2n) is 19.0. The molecule has 0 atom stereocenters. The molecule has 0 unspecified atom stereocenters.